The molecule has 0 aliphatic heterocycles. The number of carbonyl (C=O) groups excluding carboxylic acids is 2. The Morgan fingerprint density at radius 2 is 2.09 bits per heavy atom. The van der Waals surface area contributed by atoms with Crippen LogP contribution in [0.1, 0.15) is 43.0 Å². The number of ether oxygens (including phenoxy) is 1. The van der Waals surface area contributed by atoms with E-state index in [4.69, 9.17) is 10.5 Å². The standard InChI is InChI=1S/C16H21FN2O3/c1-2-22-14-11(7-5-8-12(14)17)16(21)19-13-9-4-3-6-10(13)15(18)20/h5,7-8,10,13H,2-4,6,9H2,1H3,(H2,18,20)(H,19,21)/t10-,13+/m1/s1. The first-order chi connectivity index (χ1) is 10.5. The van der Waals surface area contributed by atoms with Crippen molar-refractivity contribution < 1.29 is 18.7 Å². The molecule has 0 unspecified atom stereocenters. The van der Waals surface area contributed by atoms with Crippen LogP contribution in [0, 0.1) is 11.7 Å². The molecule has 22 heavy (non-hydrogen) atoms. The van der Waals surface area contributed by atoms with Gasteiger partial charge in [-0.3, -0.25) is 9.59 Å². The van der Waals surface area contributed by atoms with Crippen LogP contribution in [0.15, 0.2) is 18.2 Å². The molecule has 1 aromatic carbocycles. The summed E-state index contributed by atoms with van der Waals surface area (Å²) in [7, 11) is 0. The van der Waals surface area contributed by atoms with Crippen LogP contribution in [0.5, 0.6) is 5.75 Å². The summed E-state index contributed by atoms with van der Waals surface area (Å²) in [6, 6.07) is 3.90. The number of carbonyl (C=O) groups is 2. The van der Waals surface area contributed by atoms with E-state index in [0.717, 1.165) is 12.8 Å². The van der Waals surface area contributed by atoms with E-state index in [-0.39, 0.29) is 29.9 Å². The lowest BCUT2D eigenvalue weighted by Crippen LogP contribution is -2.47. The Bertz CT molecular complexity index is 562. The lowest BCUT2D eigenvalue weighted by Gasteiger charge is -2.30. The van der Waals surface area contributed by atoms with Gasteiger partial charge >= 0.3 is 0 Å². The van der Waals surface area contributed by atoms with Crippen molar-refractivity contribution in [3.05, 3.63) is 29.6 Å². The van der Waals surface area contributed by atoms with Crippen LogP contribution in [-0.4, -0.2) is 24.5 Å². The molecular weight excluding hydrogens is 287 g/mol. The fraction of sp³-hybridized carbons (Fsp3) is 0.500. The largest absolute Gasteiger partial charge is 0.490 e. The van der Waals surface area contributed by atoms with Gasteiger partial charge in [-0.25, -0.2) is 4.39 Å². The summed E-state index contributed by atoms with van der Waals surface area (Å²) >= 11 is 0. The zero-order valence-corrected chi connectivity index (χ0v) is 12.6. The maximum absolute atomic E-state index is 13.8. The molecule has 3 N–H and O–H groups in total. The minimum Gasteiger partial charge on any atom is -0.490 e. The van der Waals surface area contributed by atoms with Crippen molar-refractivity contribution >= 4 is 11.8 Å². The second kappa shape index (κ2) is 7.24. The highest BCUT2D eigenvalue weighted by Crippen LogP contribution is 2.26. The maximum atomic E-state index is 13.8. The van der Waals surface area contributed by atoms with Crippen molar-refractivity contribution in [2.45, 2.75) is 38.6 Å². The molecule has 0 spiro atoms. The monoisotopic (exact) mass is 308 g/mol. The maximum Gasteiger partial charge on any atom is 0.255 e. The Balaban J connectivity index is 2.18. The lowest BCUT2D eigenvalue weighted by atomic mass is 9.84. The first kappa shape index (κ1) is 16.3. The summed E-state index contributed by atoms with van der Waals surface area (Å²) in [5, 5.41) is 2.81. The van der Waals surface area contributed by atoms with Crippen molar-refractivity contribution in [1.29, 1.82) is 0 Å². The molecule has 0 heterocycles. The van der Waals surface area contributed by atoms with Crippen LogP contribution in [0.4, 0.5) is 4.39 Å². The van der Waals surface area contributed by atoms with E-state index >= 15 is 0 Å². The third-order valence-corrected chi connectivity index (χ3v) is 3.95. The van der Waals surface area contributed by atoms with E-state index in [2.05, 4.69) is 5.32 Å². The third kappa shape index (κ3) is 3.55. The zero-order chi connectivity index (χ0) is 16.1. The summed E-state index contributed by atoms with van der Waals surface area (Å²) in [6.07, 6.45) is 3.21. The molecule has 1 aromatic rings. The Morgan fingerprint density at radius 1 is 1.36 bits per heavy atom. The van der Waals surface area contributed by atoms with Gasteiger partial charge in [-0.2, -0.15) is 0 Å². The number of para-hydroxylation sites is 1. The number of hydrogen-bond acceptors (Lipinski definition) is 3. The summed E-state index contributed by atoms with van der Waals surface area (Å²) in [5.41, 5.74) is 5.53. The number of hydrogen-bond donors (Lipinski definition) is 2. The molecule has 1 fully saturated rings. The Morgan fingerprint density at radius 3 is 2.77 bits per heavy atom. The van der Waals surface area contributed by atoms with Crippen molar-refractivity contribution in [2.24, 2.45) is 11.7 Å². The molecule has 1 saturated carbocycles. The highest BCUT2D eigenvalue weighted by molar-refractivity contribution is 5.97. The second-order valence-corrected chi connectivity index (χ2v) is 5.42. The van der Waals surface area contributed by atoms with Crippen molar-refractivity contribution in [3.8, 4) is 5.75 Å². The van der Waals surface area contributed by atoms with Crippen LogP contribution in [0.25, 0.3) is 0 Å². The fourth-order valence-corrected chi connectivity index (χ4v) is 2.87. The predicted molar refractivity (Wildman–Crippen MR) is 80.0 cm³/mol. The van der Waals surface area contributed by atoms with Gasteiger partial charge in [0.05, 0.1) is 18.1 Å². The minimum atomic E-state index is -0.579. The first-order valence-corrected chi connectivity index (χ1v) is 7.56. The Hall–Kier alpha value is -2.11. The zero-order valence-electron chi connectivity index (χ0n) is 12.6. The number of nitrogens with one attached hydrogen (secondary N) is 1. The highest BCUT2D eigenvalue weighted by Gasteiger charge is 2.31. The third-order valence-electron chi connectivity index (χ3n) is 3.95. The van der Waals surface area contributed by atoms with Crippen LogP contribution in [0.3, 0.4) is 0 Å². The summed E-state index contributed by atoms with van der Waals surface area (Å²) in [5.74, 6) is -1.87. The van der Waals surface area contributed by atoms with Gasteiger partial charge in [0.1, 0.15) is 0 Å². The number of halogens is 1. The fourth-order valence-electron chi connectivity index (χ4n) is 2.87. The van der Waals surface area contributed by atoms with E-state index in [1.54, 1.807) is 6.92 Å². The van der Waals surface area contributed by atoms with E-state index in [9.17, 15) is 14.0 Å². The van der Waals surface area contributed by atoms with Gasteiger partial charge in [-0.05, 0) is 31.9 Å². The number of rotatable bonds is 5. The van der Waals surface area contributed by atoms with Crippen LogP contribution in [0.2, 0.25) is 0 Å². The quantitative estimate of drug-likeness (QED) is 0.873. The van der Waals surface area contributed by atoms with E-state index in [1.165, 1.54) is 18.2 Å². The molecule has 0 aromatic heterocycles. The number of amides is 2. The van der Waals surface area contributed by atoms with Gasteiger partial charge < -0.3 is 15.8 Å². The van der Waals surface area contributed by atoms with Gasteiger partial charge in [0.25, 0.3) is 5.91 Å². The molecule has 0 saturated heterocycles. The average molecular weight is 308 g/mol. The molecule has 0 bridgehead atoms. The number of nitrogens with two attached hydrogens (primary N) is 1. The molecule has 2 rings (SSSR count). The molecule has 5 nitrogen and oxygen atoms in total. The molecule has 0 radical (unpaired) electrons. The Labute approximate surface area is 129 Å². The van der Waals surface area contributed by atoms with Gasteiger partial charge in [0, 0.05) is 6.04 Å². The smallest absolute Gasteiger partial charge is 0.255 e. The predicted octanol–water partition coefficient (Wildman–Crippen LogP) is 2.00. The highest BCUT2D eigenvalue weighted by atomic mass is 19.1. The number of benzene rings is 1. The Kier molecular flexibility index (Phi) is 5.35. The van der Waals surface area contributed by atoms with Gasteiger partial charge in [0.15, 0.2) is 11.6 Å². The number of primary amides is 1. The van der Waals surface area contributed by atoms with Crippen molar-refractivity contribution in [3.63, 3.8) is 0 Å². The topological polar surface area (TPSA) is 81.4 Å². The minimum absolute atomic E-state index is 0.0612. The molecule has 1 aliphatic carbocycles. The van der Waals surface area contributed by atoms with E-state index in [0.29, 0.717) is 12.8 Å². The summed E-state index contributed by atoms with van der Waals surface area (Å²) in [6.45, 7) is 1.98. The van der Waals surface area contributed by atoms with Crippen LogP contribution in [-0.2, 0) is 4.79 Å². The molecular formula is C16H21FN2O3. The normalized spacial score (nSPS) is 21.2. The first-order valence-electron chi connectivity index (χ1n) is 7.56. The average Bonchev–Trinajstić information content (AvgIpc) is 2.49. The SMILES string of the molecule is CCOc1c(F)cccc1C(=O)N[C@H]1CCCC[C@H]1C(N)=O. The van der Waals surface area contributed by atoms with Crippen LogP contribution < -0.4 is 15.8 Å². The van der Waals surface area contributed by atoms with Crippen LogP contribution >= 0.6 is 0 Å². The molecule has 2 amide bonds. The molecule has 6 heteroatoms. The van der Waals surface area contributed by atoms with Gasteiger partial charge in [0.2, 0.25) is 5.91 Å². The lowest BCUT2D eigenvalue weighted by molar-refractivity contribution is -0.123. The van der Waals surface area contributed by atoms with Crippen molar-refractivity contribution in [2.75, 3.05) is 6.61 Å². The molecule has 1 aliphatic rings. The van der Waals surface area contributed by atoms with Crippen molar-refractivity contribution in [1.82, 2.24) is 5.32 Å². The van der Waals surface area contributed by atoms with Gasteiger partial charge in [-0.1, -0.05) is 18.9 Å². The van der Waals surface area contributed by atoms with E-state index < -0.39 is 17.6 Å². The molecule has 2 atom stereocenters. The van der Waals surface area contributed by atoms with E-state index in [1.807, 2.05) is 0 Å². The second-order valence-electron chi connectivity index (χ2n) is 5.42. The summed E-state index contributed by atoms with van der Waals surface area (Å²) in [4.78, 5) is 23.9. The summed E-state index contributed by atoms with van der Waals surface area (Å²) < 4.78 is 19.0. The molecule has 120 valence electrons. The van der Waals surface area contributed by atoms with Gasteiger partial charge in [-0.15, -0.1) is 0 Å².